The molecule has 1 aliphatic carbocycles. The van der Waals surface area contributed by atoms with Crippen LogP contribution in [-0.4, -0.2) is 0 Å². The van der Waals surface area contributed by atoms with Crippen LogP contribution in [0.3, 0.4) is 0 Å². The molecule has 1 atom stereocenters. The lowest BCUT2D eigenvalue weighted by atomic mass is 9.74. The van der Waals surface area contributed by atoms with Crippen molar-refractivity contribution >= 4 is 48.6 Å². The van der Waals surface area contributed by atoms with E-state index in [4.69, 9.17) is 0 Å². The summed E-state index contributed by atoms with van der Waals surface area (Å²) in [5, 5.41) is 2.61. The quantitative estimate of drug-likeness (QED) is 0.189. The molecule has 0 amide bonds. The predicted molar refractivity (Wildman–Crippen MR) is 197 cm³/mol. The van der Waals surface area contributed by atoms with Crippen molar-refractivity contribution in [3.8, 4) is 22.3 Å². The second kappa shape index (κ2) is 10.6. The Labute approximate surface area is 273 Å². The number of benzene rings is 7. The van der Waals surface area contributed by atoms with Gasteiger partial charge in [-0.2, -0.15) is 0 Å². The molecule has 0 saturated carbocycles. The van der Waals surface area contributed by atoms with Crippen molar-refractivity contribution in [1.29, 1.82) is 0 Å². The van der Waals surface area contributed by atoms with Crippen molar-refractivity contribution in [1.82, 2.24) is 0 Å². The third-order valence-electron chi connectivity index (χ3n) is 9.76. The first kappa shape index (κ1) is 26.9. The largest absolute Gasteiger partial charge is 0.309 e. The molecule has 0 fully saturated rings. The van der Waals surface area contributed by atoms with Crippen LogP contribution in [0.1, 0.15) is 23.6 Å². The lowest BCUT2D eigenvalue weighted by Gasteiger charge is -2.31. The second-order valence-corrected chi connectivity index (χ2v) is 13.3. The molecular weight excluding hydrogens is 575 g/mol. The third kappa shape index (κ3) is 4.07. The van der Waals surface area contributed by atoms with E-state index in [1.165, 1.54) is 64.8 Å². The highest BCUT2D eigenvalue weighted by Crippen LogP contribution is 2.54. The number of thiophene rings is 1. The highest BCUT2D eigenvalue weighted by molar-refractivity contribution is 7.26. The Hall–Kier alpha value is -5.44. The molecule has 0 spiro atoms. The van der Waals surface area contributed by atoms with Gasteiger partial charge in [0, 0.05) is 32.3 Å². The van der Waals surface area contributed by atoms with Gasteiger partial charge in [-0.05, 0) is 82.3 Å². The number of hydrogen-bond donors (Lipinski definition) is 0. The summed E-state index contributed by atoms with van der Waals surface area (Å²) in [6, 6.07) is 62.2. The second-order valence-electron chi connectivity index (χ2n) is 12.3. The molecule has 0 aliphatic heterocycles. The van der Waals surface area contributed by atoms with Crippen LogP contribution in [0.4, 0.5) is 17.1 Å². The first-order valence-corrected chi connectivity index (χ1v) is 16.7. The van der Waals surface area contributed by atoms with Gasteiger partial charge >= 0.3 is 0 Å². The Kier molecular flexibility index (Phi) is 6.19. The lowest BCUT2D eigenvalue weighted by Crippen LogP contribution is -2.22. The molecule has 0 N–H and O–H groups in total. The van der Waals surface area contributed by atoms with E-state index in [1.54, 1.807) is 0 Å². The smallest absolute Gasteiger partial charge is 0.0640 e. The molecule has 0 saturated heterocycles. The van der Waals surface area contributed by atoms with Crippen LogP contribution in [-0.2, 0) is 5.41 Å². The summed E-state index contributed by atoms with van der Waals surface area (Å²) in [4.78, 5) is 2.46. The van der Waals surface area contributed by atoms with Crippen LogP contribution in [0.15, 0.2) is 170 Å². The van der Waals surface area contributed by atoms with E-state index in [2.05, 4.69) is 182 Å². The molecule has 1 heterocycles. The summed E-state index contributed by atoms with van der Waals surface area (Å²) in [7, 11) is 0. The van der Waals surface area contributed by atoms with Gasteiger partial charge in [0.05, 0.1) is 10.4 Å². The fourth-order valence-electron chi connectivity index (χ4n) is 7.47. The molecule has 1 nitrogen and oxygen atoms in total. The van der Waals surface area contributed by atoms with E-state index in [9.17, 15) is 0 Å². The zero-order valence-corrected chi connectivity index (χ0v) is 26.3. The summed E-state index contributed by atoms with van der Waals surface area (Å²) in [6.07, 6.45) is 0. The molecule has 218 valence electrons. The highest BCUT2D eigenvalue weighted by Gasteiger charge is 2.41. The summed E-state index contributed by atoms with van der Waals surface area (Å²) in [6.45, 7) is 2.39. The molecule has 0 bridgehead atoms. The van der Waals surface area contributed by atoms with Crippen molar-refractivity contribution in [2.75, 3.05) is 4.90 Å². The molecule has 46 heavy (non-hydrogen) atoms. The van der Waals surface area contributed by atoms with E-state index in [0.29, 0.717) is 0 Å². The molecule has 2 heteroatoms. The van der Waals surface area contributed by atoms with Crippen molar-refractivity contribution in [2.45, 2.75) is 12.3 Å². The maximum absolute atomic E-state index is 2.46. The van der Waals surface area contributed by atoms with Crippen LogP contribution in [0.5, 0.6) is 0 Å². The predicted octanol–water partition coefficient (Wildman–Crippen LogP) is 12.5. The minimum atomic E-state index is -0.268. The summed E-state index contributed by atoms with van der Waals surface area (Å²) >= 11 is 1.88. The molecule has 7 aromatic carbocycles. The first-order valence-electron chi connectivity index (χ1n) is 15.9. The summed E-state index contributed by atoms with van der Waals surface area (Å²) in [5.74, 6) is 0. The standard InChI is InChI=1S/C44H31NS/c1-44(32-15-6-3-7-16-32)39-20-10-8-17-35(39)36-28-27-34(29-40(36)44)45(33-25-23-31(24-26-33)30-13-4-2-5-14-30)41-21-12-19-38-37-18-9-11-22-42(37)46-43(38)41/h2-29H,1H3. The van der Waals surface area contributed by atoms with Gasteiger partial charge in [0.2, 0.25) is 0 Å². The van der Waals surface area contributed by atoms with E-state index in [-0.39, 0.29) is 5.41 Å². The Morgan fingerprint density at radius 3 is 1.93 bits per heavy atom. The number of nitrogens with zero attached hydrogens (tertiary/aromatic N) is 1. The average Bonchev–Trinajstić information content (AvgIpc) is 3.64. The van der Waals surface area contributed by atoms with Gasteiger partial charge in [0.25, 0.3) is 0 Å². The highest BCUT2D eigenvalue weighted by atomic mass is 32.1. The van der Waals surface area contributed by atoms with E-state index in [1.807, 2.05) is 11.3 Å². The van der Waals surface area contributed by atoms with Gasteiger partial charge in [0.1, 0.15) is 0 Å². The third-order valence-corrected chi connectivity index (χ3v) is 11.0. The fourth-order valence-corrected chi connectivity index (χ4v) is 8.68. The van der Waals surface area contributed by atoms with Crippen LogP contribution >= 0.6 is 11.3 Å². The molecular formula is C44H31NS. The molecule has 1 aromatic heterocycles. The minimum Gasteiger partial charge on any atom is -0.309 e. The zero-order chi connectivity index (χ0) is 30.7. The number of fused-ring (bicyclic) bond motifs is 6. The fraction of sp³-hybridized carbons (Fsp3) is 0.0455. The van der Waals surface area contributed by atoms with Crippen molar-refractivity contribution in [3.05, 3.63) is 187 Å². The maximum atomic E-state index is 2.46. The van der Waals surface area contributed by atoms with Gasteiger partial charge in [-0.25, -0.2) is 0 Å². The van der Waals surface area contributed by atoms with Crippen molar-refractivity contribution in [2.24, 2.45) is 0 Å². The Balaban J connectivity index is 1.28. The number of rotatable bonds is 5. The van der Waals surface area contributed by atoms with Crippen molar-refractivity contribution < 1.29 is 0 Å². The normalized spacial score (nSPS) is 15.2. The van der Waals surface area contributed by atoms with Crippen LogP contribution in [0.25, 0.3) is 42.4 Å². The lowest BCUT2D eigenvalue weighted by molar-refractivity contribution is 0.714. The van der Waals surface area contributed by atoms with Gasteiger partial charge in [-0.15, -0.1) is 11.3 Å². The molecule has 0 radical (unpaired) electrons. The van der Waals surface area contributed by atoms with Gasteiger partial charge < -0.3 is 4.90 Å². The average molecular weight is 606 g/mol. The van der Waals surface area contributed by atoms with E-state index >= 15 is 0 Å². The number of hydrogen-bond acceptors (Lipinski definition) is 2. The van der Waals surface area contributed by atoms with E-state index < -0.39 is 0 Å². The van der Waals surface area contributed by atoms with Crippen molar-refractivity contribution in [3.63, 3.8) is 0 Å². The van der Waals surface area contributed by atoms with Crippen LogP contribution in [0.2, 0.25) is 0 Å². The van der Waals surface area contributed by atoms with Crippen LogP contribution < -0.4 is 4.90 Å². The molecule has 9 rings (SSSR count). The summed E-state index contributed by atoms with van der Waals surface area (Å²) in [5.41, 5.74) is 12.3. The van der Waals surface area contributed by atoms with Gasteiger partial charge in [-0.1, -0.05) is 133 Å². The SMILES string of the molecule is CC1(c2ccccc2)c2ccccc2-c2ccc(N(c3ccc(-c4ccccc4)cc3)c3cccc4c3sc3ccccc34)cc21. The monoisotopic (exact) mass is 605 g/mol. The minimum absolute atomic E-state index is 0.268. The molecule has 8 aromatic rings. The Morgan fingerprint density at radius 1 is 0.478 bits per heavy atom. The Bertz CT molecular complexity index is 2370. The van der Waals surface area contributed by atoms with E-state index in [0.717, 1.165) is 11.4 Å². The van der Waals surface area contributed by atoms with Gasteiger partial charge in [-0.3, -0.25) is 0 Å². The topological polar surface area (TPSA) is 3.24 Å². The number of anilines is 3. The van der Waals surface area contributed by atoms with Gasteiger partial charge in [0.15, 0.2) is 0 Å². The molecule has 1 unspecified atom stereocenters. The zero-order valence-electron chi connectivity index (χ0n) is 25.5. The maximum Gasteiger partial charge on any atom is 0.0640 e. The summed E-state index contributed by atoms with van der Waals surface area (Å²) < 4.78 is 2.61. The first-order chi connectivity index (χ1) is 22.7. The Morgan fingerprint density at radius 2 is 1.11 bits per heavy atom. The molecule has 1 aliphatic rings. The van der Waals surface area contributed by atoms with Crippen LogP contribution in [0, 0.1) is 0 Å².